The number of nitrogens with one attached hydrogen (secondary N) is 1. The van der Waals surface area contributed by atoms with Gasteiger partial charge in [-0.25, -0.2) is 0 Å². The Morgan fingerprint density at radius 3 is 2.71 bits per heavy atom. The molecule has 5 nitrogen and oxygen atoms in total. The van der Waals surface area contributed by atoms with Crippen LogP contribution in [0.2, 0.25) is 0 Å². The van der Waals surface area contributed by atoms with Crippen molar-refractivity contribution in [3.05, 3.63) is 42.1 Å². The molecule has 0 saturated carbocycles. The molecule has 0 amide bonds. The summed E-state index contributed by atoms with van der Waals surface area (Å²) in [6, 6.07) is 10.8. The lowest BCUT2D eigenvalue weighted by Crippen LogP contribution is -2.35. The number of hydrogen-bond acceptors (Lipinski definition) is 5. The topological polar surface area (TPSA) is 53.9 Å². The Kier molecular flexibility index (Phi) is 5.99. The minimum atomic E-state index is 0.752. The summed E-state index contributed by atoms with van der Waals surface area (Å²) in [5.74, 6) is 2.34. The van der Waals surface area contributed by atoms with Crippen molar-refractivity contribution in [2.24, 2.45) is 5.92 Å². The van der Waals surface area contributed by atoms with Crippen LogP contribution in [0, 0.1) is 5.92 Å². The number of hydrogen-bond donors (Lipinski definition) is 1. The van der Waals surface area contributed by atoms with Crippen LogP contribution >= 0.6 is 0 Å². The Balaban J connectivity index is 1.52. The third-order valence-electron chi connectivity index (χ3n) is 4.65. The zero-order valence-electron chi connectivity index (χ0n) is 14.5. The molecule has 1 saturated heterocycles. The maximum absolute atomic E-state index is 4.62. The van der Waals surface area contributed by atoms with E-state index in [9.17, 15) is 0 Å². The second-order valence-corrected chi connectivity index (χ2v) is 6.54. The average Bonchev–Trinajstić information content (AvgIpc) is 2.64. The summed E-state index contributed by atoms with van der Waals surface area (Å²) in [5, 5.41) is 11.7. The summed E-state index contributed by atoms with van der Waals surface area (Å²) in [7, 11) is 0. The molecule has 1 aliphatic rings. The van der Waals surface area contributed by atoms with Gasteiger partial charge in [0.25, 0.3) is 0 Å². The molecule has 1 fully saturated rings. The Morgan fingerprint density at radius 2 is 1.96 bits per heavy atom. The molecule has 1 N–H and O–H groups in total. The zero-order valence-corrected chi connectivity index (χ0v) is 14.5. The number of unbranched alkanes of at least 4 members (excludes halogenated alkanes) is 1. The van der Waals surface area contributed by atoms with Crippen LogP contribution in [0.4, 0.5) is 11.8 Å². The fourth-order valence-electron chi connectivity index (χ4n) is 3.19. The van der Waals surface area contributed by atoms with Crippen molar-refractivity contribution in [1.29, 1.82) is 0 Å². The van der Waals surface area contributed by atoms with Gasteiger partial charge in [-0.1, -0.05) is 43.7 Å². The van der Waals surface area contributed by atoms with Crippen LogP contribution in [0.3, 0.4) is 0 Å². The van der Waals surface area contributed by atoms with Gasteiger partial charge in [-0.15, -0.1) is 5.10 Å². The molecule has 2 aromatic rings. The van der Waals surface area contributed by atoms with Gasteiger partial charge in [-0.2, -0.15) is 10.1 Å². The lowest BCUT2D eigenvalue weighted by molar-refractivity contribution is 0.400. The van der Waals surface area contributed by atoms with Crippen molar-refractivity contribution in [3.8, 4) is 0 Å². The lowest BCUT2D eigenvalue weighted by Gasteiger charge is -2.31. The minimum Gasteiger partial charge on any atom is -0.369 e. The molecule has 1 aromatic heterocycles. The summed E-state index contributed by atoms with van der Waals surface area (Å²) >= 11 is 0. The fraction of sp³-hybridized carbons (Fsp3) is 0.526. The van der Waals surface area contributed by atoms with Gasteiger partial charge in [0.2, 0.25) is 5.95 Å². The van der Waals surface area contributed by atoms with Crippen LogP contribution in [0.1, 0.15) is 38.2 Å². The molecule has 0 atom stereocenters. The summed E-state index contributed by atoms with van der Waals surface area (Å²) in [6.45, 7) is 5.15. The summed E-state index contributed by atoms with van der Waals surface area (Å²) < 4.78 is 0. The summed E-state index contributed by atoms with van der Waals surface area (Å²) in [6.07, 6.45) is 7.57. The fourth-order valence-corrected chi connectivity index (χ4v) is 3.19. The van der Waals surface area contributed by atoms with E-state index in [4.69, 9.17) is 0 Å². The van der Waals surface area contributed by atoms with Gasteiger partial charge < -0.3 is 10.2 Å². The summed E-state index contributed by atoms with van der Waals surface area (Å²) in [5.41, 5.74) is 1.44. The molecule has 0 unspecified atom stereocenters. The van der Waals surface area contributed by atoms with Gasteiger partial charge in [0.05, 0.1) is 6.20 Å². The quantitative estimate of drug-likeness (QED) is 0.789. The summed E-state index contributed by atoms with van der Waals surface area (Å²) in [4.78, 5) is 6.88. The van der Waals surface area contributed by atoms with Gasteiger partial charge in [0.1, 0.15) is 0 Å². The van der Waals surface area contributed by atoms with Crippen LogP contribution in [-0.2, 0) is 6.42 Å². The number of rotatable bonds is 7. The van der Waals surface area contributed by atoms with E-state index in [1.165, 1.54) is 31.2 Å². The third-order valence-corrected chi connectivity index (χ3v) is 4.65. The van der Waals surface area contributed by atoms with E-state index in [-0.39, 0.29) is 0 Å². The van der Waals surface area contributed by atoms with Crippen LogP contribution in [0.25, 0.3) is 0 Å². The van der Waals surface area contributed by atoms with E-state index in [1.54, 1.807) is 6.20 Å². The monoisotopic (exact) mass is 325 g/mol. The minimum absolute atomic E-state index is 0.752. The molecule has 2 heterocycles. The molecule has 1 aliphatic heterocycles. The number of piperidine rings is 1. The van der Waals surface area contributed by atoms with Crippen LogP contribution in [0.15, 0.2) is 36.5 Å². The number of aromatic nitrogens is 3. The zero-order chi connectivity index (χ0) is 16.6. The first kappa shape index (κ1) is 16.7. The molecule has 0 spiro atoms. The predicted molar refractivity (Wildman–Crippen MR) is 98.3 cm³/mol. The van der Waals surface area contributed by atoms with Crippen molar-refractivity contribution in [2.45, 2.75) is 39.0 Å². The highest BCUT2D eigenvalue weighted by Crippen LogP contribution is 2.24. The highest BCUT2D eigenvalue weighted by Gasteiger charge is 2.21. The van der Waals surface area contributed by atoms with E-state index in [1.807, 2.05) is 0 Å². The standard InChI is InChI=1S/C19H27N5/c1-2-3-11-20-18-15-21-23-19(22-18)24-12-9-17(10-13-24)14-16-7-5-4-6-8-16/h4-8,15,17H,2-3,9-14H2,1H3,(H,20,22,23). The maximum atomic E-state index is 4.62. The van der Waals surface area contributed by atoms with E-state index < -0.39 is 0 Å². The van der Waals surface area contributed by atoms with Gasteiger partial charge in [-0.05, 0) is 37.2 Å². The van der Waals surface area contributed by atoms with Crippen LogP contribution in [-0.4, -0.2) is 34.8 Å². The Morgan fingerprint density at radius 1 is 1.17 bits per heavy atom. The molecule has 5 heteroatoms. The van der Waals surface area contributed by atoms with Gasteiger partial charge in [0.15, 0.2) is 5.82 Å². The van der Waals surface area contributed by atoms with Crippen molar-refractivity contribution >= 4 is 11.8 Å². The highest BCUT2D eigenvalue weighted by atomic mass is 15.3. The normalized spacial score (nSPS) is 15.5. The first-order valence-corrected chi connectivity index (χ1v) is 9.07. The molecule has 0 radical (unpaired) electrons. The second kappa shape index (κ2) is 8.62. The predicted octanol–water partition coefficient (Wildman–Crippen LogP) is 3.54. The smallest absolute Gasteiger partial charge is 0.247 e. The second-order valence-electron chi connectivity index (χ2n) is 6.54. The highest BCUT2D eigenvalue weighted by molar-refractivity contribution is 5.39. The SMILES string of the molecule is CCCCNc1cnnc(N2CCC(Cc3ccccc3)CC2)n1. The first-order valence-electron chi connectivity index (χ1n) is 9.07. The molecule has 128 valence electrons. The van der Waals surface area contributed by atoms with Gasteiger partial charge in [-0.3, -0.25) is 0 Å². The maximum Gasteiger partial charge on any atom is 0.247 e. The molecule has 0 bridgehead atoms. The van der Waals surface area contributed by atoms with E-state index in [2.05, 4.69) is 62.7 Å². The average molecular weight is 325 g/mol. The van der Waals surface area contributed by atoms with Crippen molar-refractivity contribution in [1.82, 2.24) is 15.2 Å². The molecule has 0 aliphatic carbocycles. The number of benzene rings is 1. The lowest BCUT2D eigenvalue weighted by atomic mass is 9.90. The Bertz CT molecular complexity index is 608. The number of nitrogens with zero attached hydrogens (tertiary/aromatic N) is 4. The molecule has 3 rings (SSSR count). The largest absolute Gasteiger partial charge is 0.369 e. The van der Waals surface area contributed by atoms with Crippen molar-refractivity contribution in [3.63, 3.8) is 0 Å². The van der Waals surface area contributed by atoms with E-state index in [0.29, 0.717) is 0 Å². The molecular formula is C19H27N5. The van der Waals surface area contributed by atoms with E-state index in [0.717, 1.165) is 43.7 Å². The Labute approximate surface area is 144 Å². The van der Waals surface area contributed by atoms with Crippen LogP contribution < -0.4 is 10.2 Å². The first-order chi connectivity index (χ1) is 11.8. The van der Waals surface area contributed by atoms with Gasteiger partial charge >= 0.3 is 0 Å². The van der Waals surface area contributed by atoms with Crippen molar-refractivity contribution in [2.75, 3.05) is 29.9 Å². The Hall–Kier alpha value is -2.17. The number of anilines is 2. The van der Waals surface area contributed by atoms with Gasteiger partial charge in [0, 0.05) is 19.6 Å². The molecular weight excluding hydrogens is 298 g/mol. The molecule has 1 aromatic carbocycles. The van der Waals surface area contributed by atoms with Crippen molar-refractivity contribution < 1.29 is 0 Å². The third kappa shape index (κ3) is 4.66. The molecule has 24 heavy (non-hydrogen) atoms. The van der Waals surface area contributed by atoms with E-state index >= 15 is 0 Å². The van der Waals surface area contributed by atoms with Crippen LogP contribution in [0.5, 0.6) is 0 Å².